The Labute approximate surface area is 115 Å². The van der Waals surface area contributed by atoms with E-state index in [1.54, 1.807) is 18.2 Å². The predicted molar refractivity (Wildman–Crippen MR) is 72.3 cm³/mol. The monoisotopic (exact) mass is 276 g/mol. The van der Waals surface area contributed by atoms with Gasteiger partial charge in [-0.1, -0.05) is 6.92 Å². The standard InChI is InChI=1S/C13H16N4O3/c1-8(2-5-12(18)19)7-14-13(20)9-3-4-10-11(6-9)16-17-15-10/h3-4,6,8H,2,5,7H2,1H3,(H,14,20)(H,18,19)(H,15,16,17). The summed E-state index contributed by atoms with van der Waals surface area (Å²) in [6.45, 7) is 2.35. The van der Waals surface area contributed by atoms with Gasteiger partial charge in [-0.15, -0.1) is 0 Å². The Morgan fingerprint density at radius 1 is 1.35 bits per heavy atom. The van der Waals surface area contributed by atoms with E-state index in [9.17, 15) is 9.59 Å². The average Bonchev–Trinajstić information content (AvgIpc) is 2.89. The third-order valence-corrected chi connectivity index (χ3v) is 3.04. The summed E-state index contributed by atoms with van der Waals surface area (Å²) in [5, 5.41) is 21.7. The number of aromatic amines is 1. The number of hydrogen-bond donors (Lipinski definition) is 3. The number of amides is 1. The van der Waals surface area contributed by atoms with Crippen molar-refractivity contribution in [1.29, 1.82) is 0 Å². The van der Waals surface area contributed by atoms with Crippen molar-refractivity contribution in [3.05, 3.63) is 23.8 Å². The molecule has 7 nitrogen and oxygen atoms in total. The zero-order chi connectivity index (χ0) is 14.5. The van der Waals surface area contributed by atoms with Crippen LogP contribution in [-0.4, -0.2) is 38.9 Å². The van der Waals surface area contributed by atoms with Crippen molar-refractivity contribution in [3.63, 3.8) is 0 Å². The number of fused-ring (bicyclic) bond motifs is 1. The van der Waals surface area contributed by atoms with E-state index in [4.69, 9.17) is 5.11 Å². The summed E-state index contributed by atoms with van der Waals surface area (Å²) >= 11 is 0. The van der Waals surface area contributed by atoms with Crippen molar-refractivity contribution < 1.29 is 14.7 Å². The first-order valence-electron chi connectivity index (χ1n) is 6.37. The molecule has 0 aliphatic carbocycles. The van der Waals surface area contributed by atoms with Crippen LogP contribution in [0.15, 0.2) is 18.2 Å². The van der Waals surface area contributed by atoms with Crippen LogP contribution in [0.3, 0.4) is 0 Å². The molecule has 2 aromatic rings. The fourth-order valence-corrected chi connectivity index (χ4v) is 1.82. The van der Waals surface area contributed by atoms with Gasteiger partial charge in [0.2, 0.25) is 0 Å². The van der Waals surface area contributed by atoms with E-state index in [0.29, 0.717) is 29.6 Å². The van der Waals surface area contributed by atoms with Crippen LogP contribution in [0, 0.1) is 5.92 Å². The van der Waals surface area contributed by atoms with Crippen molar-refractivity contribution in [3.8, 4) is 0 Å². The van der Waals surface area contributed by atoms with Crippen LogP contribution in [-0.2, 0) is 4.79 Å². The number of carboxylic acid groups (broad SMARTS) is 1. The zero-order valence-electron chi connectivity index (χ0n) is 11.1. The summed E-state index contributed by atoms with van der Waals surface area (Å²) < 4.78 is 0. The maximum atomic E-state index is 12.0. The first kappa shape index (κ1) is 14.0. The number of carbonyl (C=O) groups is 2. The molecular weight excluding hydrogens is 260 g/mol. The molecule has 0 radical (unpaired) electrons. The van der Waals surface area contributed by atoms with Gasteiger partial charge in [0.15, 0.2) is 0 Å². The Morgan fingerprint density at radius 2 is 2.10 bits per heavy atom. The predicted octanol–water partition coefficient (Wildman–Crippen LogP) is 1.19. The van der Waals surface area contributed by atoms with Gasteiger partial charge in [-0.2, -0.15) is 15.4 Å². The summed E-state index contributed by atoms with van der Waals surface area (Å²) in [5.74, 6) is -0.900. The maximum absolute atomic E-state index is 12.0. The highest BCUT2D eigenvalue weighted by atomic mass is 16.4. The summed E-state index contributed by atoms with van der Waals surface area (Å²) in [6.07, 6.45) is 0.653. The van der Waals surface area contributed by atoms with Crippen molar-refractivity contribution in [2.45, 2.75) is 19.8 Å². The molecule has 0 aliphatic heterocycles. The molecule has 0 saturated carbocycles. The van der Waals surface area contributed by atoms with E-state index in [2.05, 4.69) is 20.7 Å². The molecule has 106 valence electrons. The van der Waals surface area contributed by atoms with E-state index in [-0.39, 0.29) is 18.2 Å². The highest BCUT2D eigenvalue weighted by Crippen LogP contribution is 2.11. The lowest BCUT2D eigenvalue weighted by atomic mass is 10.1. The minimum atomic E-state index is -0.820. The van der Waals surface area contributed by atoms with Crippen LogP contribution in [0.5, 0.6) is 0 Å². The Balaban J connectivity index is 1.89. The van der Waals surface area contributed by atoms with Gasteiger partial charge in [0.25, 0.3) is 5.91 Å². The Bertz CT molecular complexity index is 623. The number of benzene rings is 1. The van der Waals surface area contributed by atoms with Gasteiger partial charge >= 0.3 is 5.97 Å². The summed E-state index contributed by atoms with van der Waals surface area (Å²) in [7, 11) is 0. The molecule has 1 unspecified atom stereocenters. The molecular formula is C13H16N4O3. The number of aromatic nitrogens is 3. The molecule has 1 aromatic carbocycles. The fourth-order valence-electron chi connectivity index (χ4n) is 1.82. The van der Waals surface area contributed by atoms with E-state index in [1.807, 2.05) is 6.92 Å². The highest BCUT2D eigenvalue weighted by molar-refractivity contribution is 5.97. The largest absolute Gasteiger partial charge is 0.481 e. The number of H-pyrrole nitrogens is 1. The second-order valence-electron chi connectivity index (χ2n) is 4.77. The SMILES string of the molecule is CC(CCC(=O)O)CNC(=O)c1ccc2n[nH]nc2c1. The second kappa shape index (κ2) is 6.14. The number of aliphatic carboxylic acids is 1. The van der Waals surface area contributed by atoms with Gasteiger partial charge < -0.3 is 10.4 Å². The molecule has 0 saturated heterocycles. The van der Waals surface area contributed by atoms with Crippen LogP contribution in [0.4, 0.5) is 0 Å². The molecule has 1 heterocycles. The smallest absolute Gasteiger partial charge is 0.303 e. The molecule has 3 N–H and O–H groups in total. The van der Waals surface area contributed by atoms with Gasteiger partial charge in [0.1, 0.15) is 11.0 Å². The van der Waals surface area contributed by atoms with Crippen molar-refractivity contribution >= 4 is 22.9 Å². The molecule has 2 rings (SSSR count). The lowest BCUT2D eigenvalue weighted by Crippen LogP contribution is -2.28. The van der Waals surface area contributed by atoms with Crippen molar-refractivity contribution in [2.75, 3.05) is 6.54 Å². The molecule has 0 bridgehead atoms. The van der Waals surface area contributed by atoms with Gasteiger partial charge in [-0.3, -0.25) is 9.59 Å². The molecule has 1 amide bonds. The van der Waals surface area contributed by atoms with Crippen LogP contribution < -0.4 is 5.32 Å². The Morgan fingerprint density at radius 3 is 2.85 bits per heavy atom. The molecule has 0 spiro atoms. The molecule has 20 heavy (non-hydrogen) atoms. The van der Waals surface area contributed by atoms with E-state index in [1.165, 1.54) is 0 Å². The first-order chi connectivity index (χ1) is 9.56. The summed E-state index contributed by atoms with van der Waals surface area (Å²) in [5.41, 5.74) is 1.85. The molecule has 1 atom stereocenters. The minimum Gasteiger partial charge on any atom is -0.481 e. The Hall–Kier alpha value is -2.44. The number of nitrogens with zero attached hydrogens (tertiary/aromatic N) is 2. The minimum absolute atomic E-state index is 0.113. The van der Waals surface area contributed by atoms with E-state index < -0.39 is 5.97 Å². The van der Waals surface area contributed by atoms with Gasteiger partial charge in [0.05, 0.1) is 0 Å². The summed E-state index contributed by atoms with van der Waals surface area (Å²) in [6, 6.07) is 5.07. The molecule has 7 heteroatoms. The van der Waals surface area contributed by atoms with Crippen LogP contribution in [0.1, 0.15) is 30.1 Å². The third-order valence-electron chi connectivity index (χ3n) is 3.04. The van der Waals surface area contributed by atoms with E-state index >= 15 is 0 Å². The quantitative estimate of drug-likeness (QED) is 0.734. The average molecular weight is 276 g/mol. The number of nitrogens with one attached hydrogen (secondary N) is 2. The maximum Gasteiger partial charge on any atom is 0.303 e. The number of carbonyl (C=O) groups excluding carboxylic acids is 1. The normalized spacial score (nSPS) is 12.2. The number of rotatable bonds is 6. The fraction of sp³-hybridized carbons (Fsp3) is 0.385. The first-order valence-corrected chi connectivity index (χ1v) is 6.37. The van der Waals surface area contributed by atoms with Gasteiger partial charge in [-0.05, 0) is 30.5 Å². The van der Waals surface area contributed by atoms with Crippen molar-refractivity contribution in [2.24, 2.45) is 5.92 Å². The van der Waals surface area contributed by atoms with Crippen molar-refractivity contribution in [1.82, 2.24) is 20.7 Å². The topological polar surface area (TPSA) is 108 Å². The lowest BCUT2D eigenvalue weighted by molar-refractivity contribution is -0.137. The summed E-state index contributed by atoms with van der Waals surface area (Å²) in [4.78, 5) is 22.4. The Kier molecular flexibility index (Phi) is 4.29. The molecule has 0 fully saturated rings. The molecule has 0 aliphatic rings. The van der Waals surface area contributed by atoms with Gasteiger partial charge in [0, 0.05) is 18.5 Å². The third kappa shape index (κ3) is 3.53. The van der Waals surface area contributed by atoms with Crippen LogP contribution >= 0.6 is 0 Å². The zero-order valence-corrected chi connectivity index (χ0v) is 11.1. The van der Waals surface area contributed by atoms with Gasteiger partial charge in [-0.25, -0.2) is 0 Å². The van der Waals surface area contributed by atoms with Crippen LogP contribution in [0.2, 0.25) is 0 Å². The van der Waals surface area contributed by atoms with Crippen LogP contribution in [0.25, 0.3) is 11.0 Å². The lowest BCUT2D eigenvalue weighted by Gasteiger charge is -2.11. The second-order valence-corrected chi connectivity index (χ2v) is 4.77. The van der Waals surface area contributed by atoms with E-state index in [0.717, 1.165) is 0 Å². The highest BCUT2D eigenvalue weighted by Gasteiger charge is 2.10. The molecule has 1 aromatic heterocycles. The number of hydrogen-bond acceptors (Lipinski definition) is 4. The number of carboxylic acids is 1.